The number of benzene rings is 1. The summed E-state index contributed by atoms with van der Waals surface area (Å²) in [7, 11) is 0. The van der Waals surface area contributed by atoms with E-state index in [-0.39, 0.29) is 24.3 Å². The van der Waals surface area contributed by atoms with Gasteiger partial charge in [-0.05, 0) is 24.6 Å². The molecule has 8 nitrogen and oxygen atoms in total. The summed E-state index contributed by atoms with van der Waals surface area (Å²) in [5.41, 5.74) is 1.88. The van der Waals surface area contributed by atoms with Gasteiger partial charge in [-0.3, -0.25) is 14.5 Å². The van der Waals surface area contributed by atoms with E-state index >= 15 is 0 Å². The highest BCUT2D eigenvalue weighted by molar-refractivity contribution is 6.31. The first-order chi connectivity index (χ1) is 14.1. The first-order valence-electron chi connectivity index (χ1n) is 10.2. The summed E-state index contributed by atoms with van der Waals surface area (Å²) in [4.78, 5) is 38.6. The lowest BCUT2D eigenvalue weighted by molar-refractivity contribution is -0.133. The van der Waals surface area contributed by atoms with Crippen LogP contribution >= 0.6 is 11.6 Å². The van der Waals surface area contributed by atoms with E-state index < -0.39 is 0 Å². The molecular formula is C20H25ClN6O2. The molecule has 1 amide bonds. The van der Waals surface area contributed by atoms with Crippen LogP contribution in [0.1, 0.15) is 12.8 Å². The summed E-state index contributed by atoms with van der Waals surface area (Å²) < 4.78 is 0. The van der Waals surface area contributed by atoms with Crippen molar-refractivity contribution < 1.29 is 9.59 Å². The van der Waals surface area contributed by atoms with Gasteiger partial charge >= 0.3 is 0 Å². The van der Waals surface area contributed by atoms with Crippen LogP contribution in [0.5, 0.6) is 0 Å². The summed E-state index contributed by atoms with van der Waals surface area (Å²) in [6, 6.07) is 5.89. The van der Waals surface area contributed by atoms with Gasteiger partial charge in [0, 0.05) is 56.8 Å². The number of fused-ring (bicyclic) bond motifs is 1. The highest BCUT2D eigenvalue weighted by Gasteiger charge is 2.37. The van der Waals surface area contributed by atoms with Crippen LogP contribution in [0.4, 0.5) is 5.95 Å². The largest absolute Gasteiger partial charge is 0.340 e. The molecule has 154 valence electrons. The molecule has 2 N–H and O–H groups in total. The van der Waals surface area contributed by atoms with E-state index in [0.717, 1.165) is 56.1 Å². The number of nitrogens with one attached hydrogen (secondary N) is 2. The number of likely N-dealkylation sites (tertiary alicyclic amines) is 1. The van der Waals surface area contributed by atoms with Crippen molar-refractivity contribution in [2.75, 3.05) is 50.7 Å². The summed E-state index contributed by atoms with van der Waals surface area (Å²) in [6.45, 7) is 5.33. The van der Waals surface area contributed by atoms with E-state index in [4.69, 9.17) is 11.6 Å². The van der Waals surface area contributed by atoms with Gasteiger partial charge in [-0.2, -0.15) is 0 Å². The maximum Gasteiger partial charge on any atom is 0.240 e. The number of carbonyl (C=O) groups is 2. The van der Waals surface area contributed by atoms with Crippen molar-refractivity contribution in [1.82, 2.24) is 25.1 Å². The van der Waals surface area contributed by atoms with Gasteiger partial charge in [0.05, 0.1) is 23.6 Å². The minimum absolute atomic E-state index is 0.0814. The molecule has 2 atom stereocenters. The molecule has 0 aliphatic carbocycles. The Kier molecular flexibility index (Phi) is 4.93. The van der Waals surface area contributed by atoms with Crippen LogP contribution in [0.15, 0.2) is 18.2 Å². The SMILES string of the molecule is O=C1CCN(C(=O)[C@@H]2C[C@H](N3CCN(c4nc5ccc(Cl)cc5[nH]4)CC3)CN2)C1. The number of halogens is 1. The minimum Gasteiger partial charge on any atom is -0.340 e. The average Bonchev–Trinajstić information content (AvgIpc) is 3.46. The zero-order chi connectivity index (χ0) is 20.0. The molecule has 0 saturated carbocycles. The van der Waals surface area contributed by atoms with Gasteiger partial charge < -0.3 is 20.1 Å². The number of aromatic amines is 1. The van der Waals surface area contributed by atoms with Gasteiger partial charge in [0.1, 0.15) is 0 Å². The number of ketones is 1. The van der Waals surface area contributed by atoms with E-state index in [1.807, 2.05) is 18.2 Å². The lowest BCUT2D eigenvalue weighted by atomic mass is 10.1. The number of carbonyl (C=O) groups excluding carboxylic acids is 2. The summed E-state index contributed by atoms with van der Waals surface area (Å²) in [5, 5.41) is 4.08. The second-order valence-electron chi connectivity index (χ2n) is 8.14. The molecule has 5 rings (SSSR count). The highest BCUT2D eigenvalue weighted by atomic mass is 35.5. The smallest absolute Gasteiger partial charge is 0.240 e. The third-order valence-corrected chi connectivity index (χ3v) is 6.54. The molecule has 9 heteroatoms. The number of H-pyrrole nitrogens is 1. The van der Waals surface area contributed by atoms with Crippen molar-refractivity contribution in [3.8, 4) is 0 Å². The number of piperazine rings is 1. The van der Waals surface area contributed by atoms with Gasteiger partial charge in [-0.1, -0.05) is 11.6 Å². The molecule has 3 fully saturated rings. The highest BCUT2D eigenvalue weighted by Crippen LogP contribution is 2.23. The molecule has 1 aromatic heterocycles. The zero-order valence-electron chi connectivity index (χ0n) is 16.2. The first kappa shape index (κ1) is 18.8. The minimum atomic E-state index is -0.163. The Labute approximate surface area is 174 Å². The van der Waals surface area contributed by atoms with Crippen molar-refractivity contribution in [1.29, 1.82) is 0 Å². The number of nitrogens with zero attached hydrogens (tertiary/aromatic N) is 4. The molecule has 3 aliphatic heterocycles. The molecule has 0 radical (unpaired) electrons. The van der Waals surface area contributed by atoms with E-state index in [9.17, 15) is 9.59 Å². The third-order valence-electron chi connectivity index (χ3n) is 6.31. The van der Waals surface area contributed by atoms with Gasteiger partial charge in [-0.15, -0.1) is 0 Å². The number of imidazole rings is 1. The number of Topliss-reactive ketones (excluding diaryl/α,β-unsaturated/α-hetero) is 1. The molecule has 3 aliphatic rings. The summed E-state index contributed by atoms with van der Waals surface area (Å²) in [6.07, 6.45) is 1.31. The van der Waals surface area contributed by atoms with Crippen molar-refractivity contribution in [3.05, 3.63) is 23.2 Å². The van der Waals surface area contributed by atoms with Crippen molar-refractivity contribution in [2.24, 2.45) is 0 Å². The lowest BCUT2D eigenvalue weighted by Gasteiger charge is -2.37. The quantitative estimate of drug-likeness (QED) is 0.772. The van der Waals surface area contributed by atoms with Gasteiger partial charge in [0.25, 0.3) is 0 Å². The molecule has 0 unspecified atom stereocenters. The first-order valence-corrected chi connectivity index (χ1v) is 10.6. The van der Waals surface area contributed by atoms with Gasteiger partial charge in [0.15, 0.2) is 5.78 Å². The van der Waals surface area contributed by atoms with E-state index in [1.165, 1.54) is 0 Å². The summed E-state index contributed by atoms with van der Waals surface area (Å²) in [5.74, 6) is 1.13. The van der Waals surface area contributed by atoms with Crippen LogP contribution in [0, 0.1) is 0 Å². The molecule has 2 aromatic rings. The number of amides is 1. The Morgan fingerprint density at radius 3 is 2.76 bits per heavy atom. The van der Waals surface area contributed by atoms with E-state index in [1.54, 1.807) is 4.90 Å². The normalized spacial score (nSPS) is 26.0. The topological polar surface area (TPSA) is 84.6 Å². The Morgan fingerprint density at radius 1 is 1.17 bits per heavy atom. The molecule has 3 saturated heterocycles. The van der Waals surface area contributed by atoms with Crippen LogP contribution in [-0.4, -0.2) is 89.4 Å². The predicted molar refractivity (Wildman–Crippen MR) is 111 cm³/mol. The fourth-order valence-electron chi connectivity index (χ4n) is 4.64. The van der Waals surface area contributed by atoms with Crippen LogP contribution in [0.25, 0.3) is 11.0 Å². The molecule has 0 spiro atoms. The van der Waals surface area contributed by atoms with E-state index in [0.29, 0.717) is 24.0 Å². The third kappa shape index (κ3) is 3.72. The van der Waals surface area contributed by atoms with Crippen LogP contribution in [-0.2, 0) is 9.59 Å². The fraction of sp³-hybridized carbons (Fsp3) is 0.550. The number of anilines is 1. The molecule has 29 heavy (non-hydrogen) atoms. The van der Waals surface area contributed by atoms with Crippen molar-refractivity contribution in [2.45, 2.75) is 24.9 Å². The fourth-order valence-corrected chi connectivity index (χ4v) is 4.81. The molecule has 4 heterocycles. The Balaban J connectivity index is 1.16. The number of rotatable bonds is 3. The lowest BCUT2D eigenvalue weighted by Crippen LogP contribution is -2.51. The van der Waals surface area contributed by atoms with E-state index in [2.05, 4.69) is 25.1 Å². The molecule has 0 bridgehead atoms. The second kappa shape index (κ2) is 7.59. The predicted octanol–water partition coefficient (Wildman–Crippen LogP) is 0.870. The maximum absolute atomic E-state index is 12.6. The Morgan fingerprint density at radius 2 is 2.00 bits per heavy atom. The molecular weight excluding hydrogens is 392 g/mol. The Hall–Kier alpha value is -2.16. The maximum atomic E-state index is 12.6. The second-order valence-corrected chi connectivity index (χ2v) is 8.58. The monoisotopic (exact) mass is 416 g/mol. The van der Waals surface area contributed by atoms with Crippen LogP contribution in [0.2, 0.25) is 5.02 Å². The van der Waals surface area contributed by atoms with Crippen LogP contribution < -0.4 is 10.2 Å². The number of hydrogen-bond donors (Lipinski definition) is 2. The van der Waals surface area contributed by atoms with Crippen molar-refractivity contribution >= 4 is 40.3 Å². The number of hydrogen-bond acceptors (Lipinski definition) is 6. The summed E-state index contributed by atoms with van der Waals surface area (Å²) >= 11 is 6.07. The van der Waals surface area contributed by atoms with Gasteiger partial charge in [-0.25, -0.2) is 4.98 Å². The van der Waals surface area contributed by atoms with Crippen LogP contribution in [0.3, 0.4) is 0 Å². The van der Waals surface area contributed by atoms with Gasteiger partial charge in [0.2, 0.25) is 11.9 Å². The Bertz CT molecular complexity index is 938. The molecule has 1 aromatic carbocycles. The zero-order valence-corrected chi connectivity index (χ0v) is 17.0. The number of aromatic nitrogens is 2. The average molecular weight is 417 g/mol. The standard InChI is InChI=1S/C20H25ClN6O2/c21-13-1-2-16-17(9-13)24-20(23-16)26-7-5-25(6-8-26)14-10-18(22-11-14)19(29)27-4-3-15(28)12-27/h1-2,9,14,18,22H,3-8,10-12H2,(H,23,24)/t14-,18-/m0/s1. The van der Waals surface area contributed by atoms with Crippen molar-refractivity contribution in [3.63, 3.8) is 0 Å².